The largest absolute Gasteiger partial charge is 0.369 e. The minimum absolute atomic E-state index is 0.0313. The van der Waals surface area contributed by atoms with E-state index in [1.54, 1.807) is 0 Å². The van der Waals surface area contributed by atoms with Crippen LogP contribution in [0.5, 0.6) is 0 Å². The van der Waals surface area contributed by atoms with Gasteiger partial charge in [0, 0.05) is 41.6 Å². The molecule has 13 atom stereocenters. The van der Waals surface area contributed by atoms with Gasteiger partial charge in [0.25, 0.3) is 0 Å². The number of ether oxygens (including phenoxy) is 5. The number of fused-ring (bicyclic) bond motifs is 3. The molecule has 7 nitrogen and oxygen atoms in total. The molecule has 5 aliphatic heterocycles. The van der Waals surface area contributed by atoms with E-state index in [1.165, 1.54) is 0 Å². The van der Waals surface area contributed by atoms with Crippen LogP contribution in [0.3, 0.4) is 0 Å². The van der Waals surface area contributed by atoms with Crippen molar-refractivity contribution >= 4 is 17.9 Å². The molecule has 1 unspecified atom stereocenters. The Labute approximate surface area is 220 Å². The third kappa shape index (κ3) is 5.10. The summed E-state index contributed by atoms with van der Waals surface area (Å²) in [6.07, 6.45) is 5.51. The van der Waals surface area contributed by atoms with E-state index in [2.05, 4.69) is 51.0 Å². The van der Waals surface area contributed by atoms with Crippen LogP contribution in [-0.2, 0) is 32.8 Å². The quantitative estimate of drug-likeness (QED) is 0.390. The molecule has 9 heteroatoms. The zero-order chi connectivity index (χ0) is 25.8. The predicted molar refractivity (Wildman–Crippen MR) is 140 cm³/mol. The molecule has 0 saturated carbocycles. The maximum absolute atomic E-state index is 11.2. The van der Waals surface area contributed by atoms with E-state index in [-0.39, 0.29) is 62.9 Å². The van der Waals surface area contributed by atoms with Gasteiger partial charge >= 0.3 is 0 Å². The molecule has 1 spiro atoms. The standard InChI is InChI=1S/C27H46O7P2/c1-14(2)9-26(15(3)4)12-22-25(33-26)17(6)11-27(32-22)10-16(5)24-21(31-27)8-18-19(30-24)7-20(29-18)23(34-35)13-36-28/h14-25H,7-13,35H2,1-6H3/t16-,17-,18+,19+,20-,21-,22-,23-,24-,25-,26-,27+/m0/s1. The summed E-state index contributed by atoms with van der Waals surface area (Å²) in [5.41, 5.74) is -0.125. The topological polar surface area (TPSA) is 72.5 Å². The highest BCUT2D eigenvalue weighted by atomic mass is 31.1. The molecule has 0 aliphatic carbocycles. The molecule has 5 heterocycles. The van der Waals surface area contributed by atoms with Crippen LogP contribution in [0.2, 0.25) is 0 Å². The second kappa shape index (κ2) is 10.7. The van der Waals surface area contributed by atoms with E-state index >= 15 is 0 Å². The van der Waals surface area contributed by atoms with Gasteiger partial charge in [-0.1, -0.05) is 41.5 Å². The molecule has 5 fully saturated rings. The van der Waals surface area contributed by atoms with Crippen molar-refractivity contribution in [2.45, 2.75) is 140 Å². The first-order valence-corrected chi connectivity index (χ1v) is 15.5. The molecule has 36 heavy (non-hydrogen) atoms. The van der Waals surface area contributed by atoms with Gasteiger partial charge in [-0.3, -0.25) is 4.57 Å². The first-order valence-electron chi connectivity index (χ1n) is 14.1. The second-order valence-electron chi connectivity index (χ2n) is 13.0. The highest BCUT2D eigenvalue weighted by molar-refractivity contribution is 7.23. The van der Waals surface area contributed by atoms with Gasteiger partial charge in [0.15, 0.2) is 14.2 Å². The van der Waals surface area contributed by atoms with Gasteiger partial charge in [-0.25, -0.2) is 0 Å². The van der Waals surface area contributed by atoms with E-state index in [9.17, 15) is 4.57 Å². The van der Waals surface area contributed by atoms with Crippen molar-refractivity contribution < 1.29 is 32.8 Å². The Morgan fingerprint density at radius 1 is 0.889 bits per heavy atom. The molecule has 5 aliphatic rings. The summed E-state index contributed by atoms with van der Waals surface area (Å²) in [5, 5.41) is 0. The van der Waals surface area contributed by atoms with Crippen LogP contribution < -0.4 is 0 Å². The van der Waals surface area contributed by atoms with Crippen LogP contribution in [-0.4, -0.2) is 66.4 Å². The molecule has 5 saturated heterocycles. The smallest absolute Gasteiger partial charge is 0.170 e. The lowest BCUT2D eigenvalue weighted by Crippen LogP contribution is -2.62. The first kappa shape index (κ1) is 27.8. The summed E-state index contributed by atoms with van der Waals surface area (Å²) in [4.78, 5) is 0. The molecule has 0 radical (unpaired) electrons. The van der Waals surface area contributed by atoms with Crippen LogP contribution in [0.4, 0.5) is 0 Å². The summed E-state index contributed by atoms with van der Waals surface area (Å²) in [5.74, 6) is 1.14. The fraction of sp³-hybridized carbons (Fsp3) is 1.00. The SMILES string of the molecule is CC(C)C[C@@]1(C(C)C)C[C@@H]2O[C@]3(C[C@H](C)[C@@H]4O[C@@H]5C[C@@H]([C@H](CP=O)OP)O[C@@H]5C[C@@H]4O3)C[C@H](C)[C@@H]2O1. The zero-order valence-corrected chi connectivity index (χ0v) is 24.8. The summed E-state index contributed by atoms with van der Waals surface area (Å²) in [7, 11) is 2.36. The van der Waals surface area contributed by atoms with Crippen molar-refractivity contribution in [3.63, 3.8) is 0 Å². The molecule has 0 aromatic heterocycles. The Balaban J connectivity index is 1.29. The summed E-state index contributed by atoms with van der Waals surface area (Å²) >= 11 is 0. The van der Waals surface area contributed by atoms with Crippen molar-refractivity contribution in [1.82, 2.24) is 0 Å². The number of hydrogen-bond donors (Lipinski definition) is 0. The Kier molecular flexibility index (Phi) is 8.27. The summed E-state index contributed by atoms with van der Waals surface area (Å²) < 4.78 is 50.3. The Morgan fingerprint density at radius 3 is 2.19 bits per heavy atom. The Bertz CT molecular complexity index is 798. The summed E-state index contributed by atoms with van der Waals surface area (Å²) in [6, 6.07) is 0. The van der Waals surface area contributed by atoms with Crippen LogP contribution in [0.15, 0.2) is 0 Å². The molecule has 0 aromatic carbocycles. The van der Waals surface area contributed by atoms with Crippen molar-refractivity contribution in [2.75, 3.05) is 6.16 Å². The normalized spacial score (nSPS) is 49.4. The van der Waals surface area contributed by atoms with Gasteiger partial charge in [0.2, 0.25) is 0 Å². The lowest BCUT2D eigenvalue weighted by molar-refractivity contribution is -0.368. The minimum Gasteiger partial charge on any atom is -0.369 e. The van der Waals surface area contributed by atoms with Crippen molar-refractivity contribution in [3.8, 4) is 0 Å². The van der Waals surface area contributed by atoms with E-state index in [4.69, 9.17) is 28.2 Å². The van der Waals surface area contributed by atoms with Gasteiger partial charge in [-0.05, 0) is 30.1 Å². The molecule has 5 rings (SSSR count). The Hall–Kier alpha value is 0.290. The number of rotatable bonds is 7. The van der Waals surface area contributed by atoms with Crippen LogP contribution in [0.25, 0.3) is 0 Å². The monoisotopic (exact) mass is 544 g/mol. The molecule has 0 N–H and O–H groups in total. The maximum atomic E-state index is 11.2. The molecular formula is C27H46O7P2. The first-order chi connectivity index (χ1) is 17.1. The molecule has 0 bridgehead atoms. The van der Waals surface area contributed by atoms with E-state index in [0.717, 1.165) is 38.5 Å². The predicted octanol–water partition coefficient (Wildman–Crippen LogP) is 5.54. The molecular weight excluding hydrogens is 498 g/mol. The molecule has 0 aromatic rings. The second-order valence-corrected chi connectivity index (χ2v) is 13.9. The average Bonchev–Trinajstić information content (AvgIpc) is 3.37. The van der Waals surface area contributed by atoms with Crippen LogP contribution in [0.1, 0.15) is 80.1 Å². The van der Waals surface area contributed by atoms with E-state index < -0.39 is 5.79 Å². The van der Waals surface area contributed by atoms with Gasteiger partial charge in [0.1, 0.15) is 0 Å². The third-order valence-electron chi connectivity index (χ3n) is 9.45. The van der Waals surface area contributed by atoms with Crippen molar-refractivity contribution in [3.05, 3.63) is 0 Å². The highest BCUT2D eigenvalue weighted by Gasteiger charge is 2.61. The Morgan fingerprint density at radius 2 is 1.56 bits per heavy atom. The van der Waals surface area contributed by atoms with Gasteiger partial charge in [-0.2, -0.15) is 0 Å². The number of hydrogen-bond acceptors (Lipinski definition) is 7. The maximum Gasteiger partial charge on any atom is 0.170 e. The van der Waals surface area contributed by atoms with Gasteiger partial charge in [-0.15, -0.1) is 0 Å². The van der Waals surface area contributed by atoms with Gasteiger partial charge in [0.05, 0.1) is 60.6 Å². The lowest BCUT2D eigenvalue weighted by Gasteiger charge is -2.54. The minimum atomic E-state index is -0.587. The average molecular weight is 545 g/mol. The van der Waals surface area contributed by atoms with Crippen LogP contribution >= 0.6 is 17.9 Å². The fourth-order valence-electron chi connectivity index (χ4n) is 7.87. The third-order valence-corrected chi connectivity index (χ3v) is 10.3. The van der Waals surface area contributed by atoms with Crippen molar-refractivity contribution in [1.29, 1.82) is 0 Å². The van der Waals surface area contributed by atoms with E-state index in [1.807, 2.05) is 0 Å². The highest BCUT2D eigenvalue weighted by Crippen LogP contribution is 2.54. The van der Waals surface area contributed by atoms with Crippen molar-refractivity contribution in [2.24, 2.45) is 23.7 Å². The zero-order valence-electron chi connectivity index (χ0n) is 22.8. The van der Waals surface area contributed by atoms with E-state index in [0.29, 0.717) is 29.8 Å². The van der Waals surface area contributed by atoms with Crippen LogP contribution in [0, 0.1) is 23.7 Å². The molecule has 206 valence electrons. The molecule has 0 amide bonds. The fourth-order valence-corrected chi connectivity index (χ4v) is 8.77. The van der Waals surface area contributed by atoms with Gasteiger partial charge < -0.3 is 28.2 Å². The summed E-state index contributed by atoms with van der Waals surface area (Å²) in [6.45, 7) is 13.7. The lowest BCUT2D eigenvalue weighted by atomic mass is 9.77.